The van der Waals surface area contributed by atoms with Crippen molar-refractivity contribution in [3.8, 4) is 0 Å². The topological polar surface area (TPSA) is 71.1 Å². The summed E-state index contributed by atoms with van der Waals surface area (Å²) in [5.41, 5.74) is 1.03. The van der Waals surface area contributed by atoms with Gasteiger partial charge in [-0.25, -0.2) is 4.79 Å². The molecule has 5 nitrogen and oxygen atoms in total. The molecule has 0 spiro atoms. The van der Waals surface area contributed by atoms with Crippen molar-refractivity contribution in [1.29, 1.82) is 0 Å². The SMILES string of the molecule is O=C(CCCl)NC(=O)Nc1ccc(Cl)c2cccnc12. The van der Waals surface area contributed by atoms with Gasteiger partial charge in [0.2, 0.25) is 5.91 Å². The second kappa shape index (κ2) is 6.54. The molecule has 0 aliphatic rings. The van der Waals surface area contributed by atoms with Crippen molar-refractivity contribution >= 4 is 51.7 Å². The summed E-state index contributed by atoms with van der Waals surface area (Å²) in [4.78, 5) is 27.1. The predicted molar refractivity (Wildman–Crippen MR) is 79.3 cm³/mol. The number of carbonyl (C=O) groups excluding carboxylic acids is 2. The average molecular weight is 312 g/mol. The van der Waals surface area contributed by atoms with Gasteiger partial charge in [0.05, 0.1) is 16.2 Å². The molecule has 1 heterocycles. The van der Waals surface area contributed by atoms with E-state index in [1.165, 1.54) is 0 Å². The molecular formula is C13H11Cl2N3O2. The van der Waals surface area contributed by atoms with Crippen LogP contribution < -0.4 is 10.6 Å². The van der Waals surface area contributed by atoms with Gasteiger partial charge < -0.3 is 5.32 Å². The van der Waals surface area contributed by atoms with E-state index in [2.05, 4.69) is 15.6 Å². The number of halogens is 2. The molecule has 0 saturated heterocycles. The summed E-state index contributed by atoms with van der Waals surface area (Å²) in [6.45, 7) is 0. The van der Waals surface area contributed by atoms with Crippen molar-refractivity contribution in [1.82, 2.24) is 10.3 Å². The summed E-state index contributed by atoms with van der Waals surface area (Å²) in [6.07, 6.45) is 1.68. The Morgan fingerprint density at radius 3 is 2.80 bits per heavy atom. The molecule has 7 heteroatoms. The molecule has 0 saturated carbocycles. The Morgan fingerprint density at radius 1 is 1.25 bits per heavy atom. The van der Waals surface area contributed by atoms with E-state index in [0.29, 0.717) is 16.2 Å². The van der Waals surface area contributed by atoms with Crippen LogP contribution in [0.1, 0.15) is 6.42 Å². The van der Waals surface area contributed by atoms with Crippen LogP contribution in [-0.4, -0.2) is 22.8 Å². The second-order valence-electron chi connectivity index (χ2n) is 3.94. The van der Waals surface area contributed by atoms with Crippen LogP contribution in [-0.2, 0) is 4.79 Å². The molecule has 0 bridgehead atoms. The number of alkyl halides is 1. The minimum absolute atomic E-state index is 0.0780. The van der Waals surface area contributed by atoms with Gasteiger partial charge >= 0.3 is 6.03 Å². The number of anilines is 1. The highest BCUT2D eigenvalue weighted by atomic mass is 35.5. The summed E-state index contributed by atoms with van der Waals surface area (Å²) in [5.74, 6) is -0.284. The molecule has 0 atom stereocenters. The zero-order valence-corrected chi connectivity index (χ0v) is 11.8. The van der Waals surface area contributed by atoms with Crippen LogP contribution >= 0.6 is 23.2 Å². The molecule has 0 fully saturated rings. The van der Waals surface area contributed by atoms with Gasteiger partial charge in [0.15, 0.2) is 0 Å². The van der Waals surface area contributed by atoms with Crippen LogP contribution in [0.25, 0.3) is 10.9 Å². The van der Waals surface area contributed by atoms with Crippen molar-refractivity contribution in [2.24, 2.45) is 0 Å². The molecule has 3 amide bonds. The number of urea groups is 1. The Bertz CT molecular complexity index is 661. The number of amides is 3. The highest BCUT2D eigenvalue weighted by Crippen LogP contribution is 2.27. The molecule has 0 aliphatic heterocycles. The van der Waals surface area contributed by atoms with Gasteiger partial charge in [-0.05, 0) is 24.3 Å². The number of benzene rings is 1. The van der Waals surface area contributed by atoms with E-state index in [1.807, 2.05) is 0 Å². The van der Waals surface area contributed by atoms with E-state index in [-0.39, 0.29) is 12.3 Å². The van der Waals surface area contributed by atoms with Crippen LogP contribution in [0.2, 0.25) is 5.02 Å². The molecule has 1 aromatic heterocycles. The molecule has 1 aromatic carbocycles. The number of aromatic nitrogens is 1. The standard InChI is InChI=1S/C13H11Cl2N3O2/c14-6-5-11(19)18-13(20)17-10-4-3-9(15)8-2-1-7-16-12(8)10/h1-4,7H,5-6H2,(H2,17,18,19,20). The first-order chi connectivity index (χ1) is 9.61. The molecule has 2 N–H and O–H groups in total. The van der Waals surface area contributed by atoms with Crippen LogP contribution in [0.15, 0.2) is 30.5 Å². The molecule has 20 heavy (non-hydrogen) atoms. The van der Waals surface area contributed by atoms with Gasteiger partial charge in [-0.3, -0.25) is 15.1 Å². The number of rotatable bonds is 3. The molecule has 0 aliphatic carbocycles. The normalized spacial score (nSPS) is 10.3. The molecular weight excluding hydrogens is 301 g/mol. The smallest absolute Gasteiger partial charge is 0.306 e. The maximum atomic E-state index is 11.7. The largest absolute Gasteiger partial charge is 0.325 e. The highest BCUT2D eigenvalue weighted by molar-refractivity contribution is 6.36. The van der Waals surface area contributed by atoms with Crippen LogP contribution in [0.5, 0.6) is 0 Å². The zero-order valence-electron chi connectivity index (χ0n) is 10.3. The fraction of sp³-hybridized carbons (Fsp3) is 0.154. The molecule has 0 unspecified atom stereocenters. The third-order valence-corrected chi connectivity index (χ3v) is 3.06. The van der Waals surface area contributed by atoms with Crippen molar-refractivity contribution in [2.45, 2.75) is 6.42 Å². The van der Waals surface area contributed by atoms with E-state index >= 15 is 0 Å². The van der Waals surface area contributed by atoms with Gasteiger partial charge in [-0.2, -0.15) is 0 Å². The van der Waals surface area contributed by atoms with Gasteiger partial charge in [0.25, 0.3) is 0 Å². The number of imide groups is 1. The highest BCUT2D eigenvalue weighted by Gasteiger charge is 2.11. The lowest BCUT2D eigenvalue weighted by atomic mass is 10.2. The number of hydrogen-bond acceptors (Lipinski definition) is 3. The van der Waals surface area contributed by atoms with E-state index in [1.54, 1.807) is 30.5 Å². The summed E-state index contributed by atoms with van der Waals surface area (Å²) >= 11 is 11.5. The Kier molecular flexibility index (Phi) is 4.76. The first-order valence-electron chi connectivity index (χ1n) is 5.82. The Morgan fingerprint density at radius 2 is 2.05 bits per heavy atom. The maximum absolute atomic E-state index is 11.7. The maximum Gasteiger partial charge on any atom is 0.325 e. The monoisotopic (exact) mass is 311 g/mol. The minimum Gasteiger partial charge on any atom is -0.306 e. The summed E-state index contributed by atoms with van der Waals surface area (Å²) < 4.78 is 0. The Balaban J connectivity index is 2.20. The molecule has 2 aromatic rings. The van der Waals surface area contributed by atoms with Crippen LogP contribution in [0.4, 0.5) is 10.5 Å². The Hall–Kier alpha value is -1.85. The lowest BCUT2D eigenvalue weighted by molar-refractivity contribution is -0.119. The van der Waals surface area contributed by atoms with Crippen LogP contribution in [0.3, 0.4) is 0 Å². The number of hydrogen-bond donors (Lipinski definition) is 2. The van der Waals surface area contributed by atoms with Gasteiger partial charge in [-0.15, -0.1) is 11.6 Å². The predicted octanol–water partition coefficient (Wildman–Crippen LogP) is 3.17. The van der Waals surface area contributed by atoms with E-state index in [0.717, 1.165) is 5.39 Å². The summed E-state index contributed by atoms with van der Waals surface area (Å²) in [7, 11) is 0. The number of fused-ring (bicyclic) bond motifs is 1. The third-order valence-electron chi connectivity index (χ3n) is 2.54. The third kappa shape index (κ3) is 3.37. The fourth-order valence-electron chi connectivity index (χ4n) is 1.67. The van der Waals surface area contributed by atoms with E-state index in [9.17, 15) is 9.59 Å². The van der Waals surface area contributed by atoms with Crippen molar-refractivity contribution in [3.05, 3.63) is 35.5 Å². The number of pyridine rings is 1. The van der Waals surface area contributed by atoms with E-state index < -0.39 is 11.9 Å². The minimum atomic E-state index is -0.630. The average Bonchev–Trinajstić information content (AvgIpc) is 2.42. The Labute approximate surface area is 125 Å². The quantitative estimate of drug-likeness (QED) is 0.855. The number of nitrogens with zero attached hydrogens (tertiary/aromatic N) is 1. The van der Waals surface area contributed by atoms with Gasteiger partial charge in [-0.1, -0.05) is 11.6 Å². The first kappa shape index (κ1) is 14.6. The van der Waals surface area contributed by atoms with Crippen molar-refractivity contribution < 1.29 is 9.59 Å². The second-order valence-corrected chi connectivity index (χ2v) is 4.72. The first-order valence-corrected chi connectivity index (χ1v) is 6.73. The summed E-state index contributed by atoms with van der Waals surface area (Å²) in [6, 6.07) is 6.20. The number of nitrogens with one attached hydrogen (secondary N) is 2. The van der Waals surface area contributed by atoms with E-state index in [4.69, 9.17) is 23.2 Å². The molecule has 2 rings (SSSR count). The number of carbonyl (C=O) groups is 2. The fourth-order valence-corrected chi connectivity index (χ4v) is 2.05. The lowest BCUT2D eigenvalue weighted by Gasteiger charge is -2.09. The van der Waals surface area contributed by atoms with Crippen molar-refractivity contribution in [3.63, 3.8) is 0 Å². The summed E-state index contributed by atoms with van der Waals surface area (Å²) in [5, 5.41) is 6.00. The lowest BCUT2D eigenvalue weighted by Crippen LogP contribution is -2.34. The van der Waals surface area contributed by atoms with Gasteiger partial charge in [0.1, 0.15) is 0 Å². The van der Waals surface area contributed by atoms with Crippen LogP contribution in [0, 0.1) is 0 Å². The van der Waals surface area contributed by atoms with Crippen molar-refractivity contribution in [2.75, 3.05) is 11.2 Å². The zero-order chi connectivity index (χ0) is 14.5. The molecule has 0 radical (unpaired) electrons. The van der Waals surface area contributed by atoms with Gasteiger partial charge in [0, 0.05) is 23.9 Å². The molecule has 104 valence electrons.